The highest BCUT2D eigenvalue weighted by Gasteiger charge is 2.24. The minimum Gasteiger partial charge on any atom is -0.480 e. The van der Waals surface area contributed by atoms with E-state index in [1.54, 1.807) is 56.3 Å². The van der Waals surface area contributed by atoms with Gasteiger partial charge >= 0.3 is 5.97 Å². The summed E-state index contributed by atoms with van der Waals surface area (Å²) in [5.41, 5.74) is 2.09. The van der Waals surface area contributed by atoms with E-state index >= 15 is 0 Å². The van der Waals surface area contributed by atoms with E-state index in [-0.39, 0.29) is 17.4 Å². The molecule has 0 aromatic heterocycles. The van der Waals surface area contributed by atoms with Gasteiger partial charge in [0.15, 0.2) is 0 Å². The number of nitrogens with one attached hydrogen (secondary N) is 2. The quantitative estimate of drug-likeness (QED) is 0.743. The van der Waals surface area contributed by atoms with Crippen molar-refractivity contribution in [2.45, 2.75) is 26.8 Å². The number of hydrogen-bond acceptors (Lipinski definition) is 3. The Kier molecular flexibility index (Phi) is 6.11. The Morgan fingerprint density at radius 2 is 1.58 bits per heavy atom. The smallest absolute Gasteiger partial charge is 0.326 e. The van der Waals surface area contributed by atoms with Crippen molar-refractivity contribution < 1.29 is 19.5 Å². The first kappa shape index (κ1) is 19.2. The maximum atomic E-state index is 12.4. The Morgan fingerprint density at radius 1 is 0.923 bits per heavy atom. The maximum absolute atomic E-state index is 12.4. The van der Waals surface area contributed by atoms with Gasteiger partial charge in [0, 0.05) is 16.8 Å². The summed E-state index contributed by atoms with van der Waals surface area (Å²) in [6, 6.07) is 12.6. The third-order valence-electron chi connectivity index (χ3n) is 4.00. The number of carbonyl (C=O) groups excluding carboxylic acids is 2. The molecule has 0 fully saturated rings. The molecule has 0 aliphatic heterocycles. The number of carboxylic acid groups (broad SMARTS) is 1. The molecule has 2 aromatic rings. The first-order valence-corrected chi connectivity index (χ1v) is 8.30. The molecular formula is C20H22N2O4. The zero-order valence-corrected chi connectivity index (χ0v) is 14.9. The lowest BCUT2D eigenvalue weighted by molar-refractivity contribution is -0.140. The highest BCUT2D eigenvalue weighted by molar-refractivity contribution is 6.05. The molecule has 0 saturated heterocycles. The molecule has 0 aliphatic carbocycles. The highest BCUT2D eigenvalue weighted by Crippen LogP contribution is 2.18. The van der Waals surface area contributed by atoms with Crippen molar-refractivity contribution in [2.24, 2.45) is 5.92 Å². The summed E-state index contributed by atoms with van der Waals surface area (Å²) in [5.74, 6) is -2.12. The Bertz CT molecular complexity index is 816. The van der Waals surface area contributed by atoms with Crippen molar-refractivity contribution in [2.75, 3.05) is 5.32 Å². The van der Waals surface area contributed by atoms with Crippen LogP contribution in [0.5, 0.6) is 0 Å². The molecule has 2 aromatic carbocycles. The average molecular weight is 354 g/mol. The van der Waals surface area contributed by atoms with Gasteiger partial charge in [-0.15, -0.1) is 0 Å². The van der Waals surface area contributed by atoms with Crippen LogP contribution < -0.4 is 10.6 Å². The molecule has 26 heavy (non-hydrogen) atoms. The number of amides is 2. The number of aryl methyl sites for hydroxylation is 1. The van der Waals surface area contributed by atoms with E-state index in [2.05, 4.69) is 10.6 Å². The summed E-state index contributed by atoms with van der Waals surface area (Å²) >= 11 is 0. The molecule has 136 valence electrons. The lowest BCUT2D eigenvalue weighted by Gasteiger charge is -2.18. The number of hydrogen-bond donors (Lipinski definition) is 3. The second-order valence-electron chi connectivity index (χ2n) is 6.38. The predicted molar refractivity (Wildman–Crippen MR) is 99.3 cm³/mol. The summed E-state index contributed by atoms with van der Waals surface area (Å²) in [5, 5.41) is 14.5. The van der Waals surface area contributed by atoms with Crippen LogP contribution in [0, 0.1) is 12.8 Å². The molecule has 2 amide bonds. The SMILES string of the molecule is Cc1ccc(C(=O)N[C@@H](C(=O)O)C(C)C)cc1NC(=O)c1ccccc1. The van der Waals surface area contributed by atoms with Crippen LogP contribution in [0.3, 0.4) is 0 Å². The number of anilines is 1. The minimum atomic E-state index is -1.09. The van der Waals surface area contributed by atoms with Gasteiger partial charge in [-0.2, -0.15) is 0 Å². The van der Waals surface area contributed by atoms with Crippen molar-refractivity contribution in [3.8, 4) is 0 Å². The molecule has 3 N–H and O–H groups in total. The monoisotopic (exact) mass is 354 g/mol. The largest absolute Gasteiger partial charge is 0.480 e. The minimum absolute atomic E-state index is 0.251. The first-order valence-electron chi connectivity index (χ1n) is 8.30. The summed E-state index contributed by atoms with van der Waals surface area (Å²) in [6.07, 6.45) is 0. The highest BCUT2D eigenvalue weighted by atomic mass is 16.4. The molecule has 0 heterocycles. The van der Waals surface area contributed by atoms with Crippen LogP contribution in [-0.2, 0) is 4.79 Å². The van der Waals surface area contributed by atoms with Crippen LogP contribution in [0.25, 0.3) is 0 Å². The number of rotatable bonds is 6. The van der Waals surface area contributed by atoms with Gasteiger partial charge in [-0.05, 0) is 42.7 Å². The number of carboxylic acids is 1. The number of benzene rings is 2. The van der Waals surface area contributed by atoms with Crippen molar-refractivity contribution in [1.29, 1.82) is 0 Å². The topological polar surface area (TPSA) is 95.5 Å². The van der Waals surface area contributed by atoms with Crippen molar-refractivity contribution in [3.05, 3.63) is 65.2 Å². The van der Waals surface area contributed by atoms with E-state index in [1.807, 2.05) is 13.0 Å². The fourth-order valence-electron chi connectivity index (χ4n) is 2.42. The zero-order chi connectivity index (χ0) is 19.3. The molecule has 0 saturated carbocycles. The fourth-order valence-corrected chi connectivity index (χ4v) is 2.42. The van der Waals surface area contributed by atoms with Gasteiger partial charge in [0.1, 0.15) is 6.04 Å². The lowest BCUT2D eigenvalue weighted by Crippen LogP contribution is -2.44. The van der Waals surface area contributed by atoms with Gasteiger partial charge in [0.05, 0.1) is 0 Å². The van der Waals surface area contributed by atoms with E-state index in [1.165, 1.54) is 0 Å². The number of carbonyl (C=O) groups is 3. The molecule has 2 rings (SSSR count). The Labute approximate surface area is 152 Å². The van der Waals surface area contributed by atoms with E-state index in [0.29, 0.717) is 11.3 Å². The van der Waals surface area contributed by atoms with Gasteiger partial charge < -0.3 is 15.7 Å². The predicted octanol–water partition coefficient (Wildman–Crippen LogP) is 3.09. The summed E-state index contributed by atoms with van der Waals surface area (Å²) in [6.45, 7) is 5.26. The van der Waals surface area contributed by atoms with E-state index < -0.39 is 17.9 Å². The van der Waals surface area contributed by atoms with E-state index in [4.69, 9.17) is 0 Å². The van der Waals surface area contributed by atoms with Crippen LogP contribution in [0.1, 0.15) is 40.1 Å². The normalized spacial score (nSPS) is 11.7. The van der Waals surface area contributed by atoms with E-state index in [9.17, 15) is 19.5 Å². The van der Waals surface area contributed by atoms with Crippen molar-refractivity contribution in [1.82, 2.24) is 5.32 Å². The Balaban J connectivity index is 2.20. The molecule has 0 aliphatic rings. The van der Waals surface area contributed by atoms with Crippen LogP contribution in [0.2, 0.25) is 0 Å². The molecule has 6 nitrogen and oxygen atoms in total. The second kappa shape index (κ2) is 8.29. The first-order chi connectivity index (χ1) is 12.3. The van der Waals surface area contributed by atoms with Crippen LogP contribution in [0.4, 0.5) is 5.69 Å². The lowest BCUT2D eigenvalue weighted by atomic mass is 10.0. The van der Waals surface area contributed by atoms with Gasteiger partial charge in [0.2, 0.25) is 0 Å². The summed E-state index contributed by atoms with van der Waals surface area (Å²) in [7, 11) is 0. The molecule has 1 atom stereocenters. The third-order valence-corrected chi connectivity index (χ3v) is 4.00. The second-order valence-corrected chi connectivity index (χ2v) is 6.38. The molecule has 6 heteroatoms. The third kappa shape index (κ3) is 4.69. The zero-order valence-electron chi connectivity index (χ0n) is 14.9. The van der Waals surface area contributed by atoms with Gasteiger partial charge in [0.25, 0.3) is 11.8 Å². The molecule has 0 bridgehead atoms. The fraction of sp³-hybridized carbons (Fsp3) is 0.250. The van der Waals surface area contributed by atoms with Crippen LogP contribution >= 0.6 is 0 Å². The van der Waals surface area contributed by atoms with Gasteiger partial charge in [-0.3, -0.25) is 9.59 Å². The summed E-state index contributed by atoms with van der Waals surface area (Å²) < 4.78 is 0. The standard InChI is InChI=1S/C20H22N2O4/c1-12(2)17(20(25)26)22-19(24)15-10-9-13(3)16(11-15)21-18(23)14-7-5-4-6-8-14/h4-12,17H,1-3H3,(H,21,23)(H,22,24)(H,25,26)/t17-/m1/s1. The molecule has 0 radical (unpaired) electrons. The number of aliphatic carboxylic acids is 1. The van der Waals surface area contributed by atoms with E-state index in [0.717, 1.165) is 5.56 Å². The molecule has 0 unspecified atom stereocenters. The van der Waals surface area contributed by atoms with Gasteiger partial charge in [-0.1, -0.05) is 38.1 Å². The Hall–Kier alpha value is -3.15. The van der Waals surface area contributed by atoms with Crippen molar-refractivity contribution in [3.63, 3.8) is 0 Å². The molecule has 0 spiro atoms. The van der Waals surface area contributed by atoms with Gasteiger partial charge in [-0.25, -0.2) is 4.79 Å². The van der Waals surface area contributed by atoms with Crippen molar-refractivity contribution >= 4 is 23.5 Å². The maximum Gasteiger partial charge on any atom is 0.326 e. The Morgan fingerprint density at radius 3 is 2.15 bits per heavy atom. The van der Waals surface area contributed by atoms with Crippen LogP contribution in [0.15, 0.2) is 48.5 Å². The molecular weight excluding hydrogens is 332 g/mol. The summed E-state index contributed by atoms with van der Waals surface area (Å²) in [4.78, 5) is 36.0. The van der Waals surface area contributed by atoms with Crippen LogP contribution in [-0.4, -0.2) is 28.9 Å². The average Bonchev–Trinajstić information content (AvgIpc) is 2.61.